The molecule has 0 fully saturated rings. The second kappa shape index (κ2) is 6.99. The van der Waals surface area contributed by atoms with Gasteiger partial charge in [0.2, 0.25) is 0 Å². The Morgan fingerprint density at radius 1 is 1.40 bits per heavy atom. The average Bonchev–Trinajstić information content (AvgIpc) is 2.35. The molecule has 1 aromatic rings. The molecule has 0 heterocycles. The monoisotopic (exact) mass is 292 g/mol. The summed E-state index contributed by atoms with van der Waals surface area (Å²) in [5.74, 6) is -0.356. The van der Waals surface area contributed by atoms with Gasteiger partial charge < -0.3 is 20.1 Å². The summed E-state index contributed by atoms with van der Waals surface area (Å²) < 4.78 is 40.5. The van der Waals surface area contributed by atoms with E-state index < -0.39 is 12.4 Å². The van der Waals surface area contributed by atoms with Gasteiger partial charge in [0.15, 0.2) is 0 Å². The molecule has 0 aromatic heterocycles. The number of ether oxygens (including phenoxy) is 1. The van der Waals surface area contributed by atoms with Crippen LogP contribution >= 0.6 is 0 Å². The predicted molar refractivity (Wildman–Crippen MR) is 65.1 cm³/mol. The van der Waals surface area contributed by atoms with Gasteiger partial charge in [0.05, 0.1) is 6.61 Å². The maximum atomic E-state index is 12.2. The van der Waals surface area contributed by atoms with Gasteiger partial charge in [-0.15, -0.1) is 13.2 Å². The summed E-state index contributed by atoms with van der Waals surface area (Å²) in [6.07, 6.45) is -4.78. The van der Waals surface area contributed by atoms with Crippen molar-refractivity contribution in [2.75, 3.05) is 20.2 Å². The van der Waals surface area contributed by atoms with Crippen molar-refractivity contribution in [3.63, 3.8) is 0 Å². The largest absolute Gasteiger partial charge is 0.573 e. The van der Waals surface area contributed by atoms with Crippen LogP contribution in [-0.4, -0.2) is 42.6 Å². The molecular formula is C12H15F3N2O3. The van der Waals surface area contributed by atoms with Crippen LogP contribution in [0.3, 0.4) is 0 Å². The number of aliphatic hydroxyl groups excluding tert-OH is 1. The van der Waals surface area contributed by atoms with Gasteiger partial charge in [-0.1, -0.05) is 18.2 Å². The molecule has 2 amide bonds. The van der Waals surface area contributed by atoms with Crippen LogP contribution in [0.4, 0.5) is 18.0 Å². The minimum Gasteiger partial charge on any atom is -0.405 e. The first-order valence-electron chi connectivity index (χ1n) is 5.77. The van der Waals surface area contributed by atoms with E-state index in [0.717, 1.165) is 0 Å². The lowest BCUT2D eigenvalue weighted by Gasteiger charge is -2.18. The number of rotatable bonds is 5. The molecule has 112 valence electrons. The summed E-state index contributed by atoms with van der Waals surface area (Å²) in [5, 5.41) is 11.1. The lowest BCUT2D eigenvalue weighted by atomic mass is 10.2. The van der Waals surface area contributed by atoms with Crippen LogP contribution in [-0.2, 0) is 6.54 Å². The summed E-state index contributed by atoms with van der Waals surface area (Å²) in [4.78, 5) is 12.8. The number of urea groups is 1. The molecule has 0 aliphatic heterocycles. The van der Waals surface area contributed by atoms with Crippen molar-refractivity contribution in [2.45, 2.75) is 12.9 Å². The number of alkyl halides is 3. The molecule has 1 aromatic carbocycles. The molecule has 0 atom stereocenters. The number of likely N-dealkylation sites (N-methyl/N-ethyl adjacent to an activating group) is 1. The van der Waals surface area contributed by atoms with E-state index in [0.29, 0.717) is 0 Å². The fraction of sp³-hybridized carbons (Fsp3) is 0.417. The lowest BCUT2D eigenvalue weighted by molar-refractivity contribution is -0.274. The molecule has 2 N–H and O–H groups in total. The van der Waals surface area contributed by atoms with Gasteiger partial charge in [-0.25, -0.2) is 4.79 Å². The van der Waals surface area contributed by atoms with E-state index in [-0.39, 0.29) is 31.0 Å². The molecule has 20 heavy (non-hydrogen) atoms. The zero-order valence-corrected chi connectivity index (χ0v) is 10.8. The van der Waals surface area contributed by atoms with Gasteiger partial charge >= 0.3 is 12.4 Å². The van der Waals surface area contributed by atoms with Crippen molar-refractivity contribution in [3.05, 3.63) is 29.8 Å². The highest BCUT2D eigenvalue weighted by Gasteiger charge is 2.31. The highest BCUT2D eigenvalue weighted by atomic mass is 19.4. The van der Waals surface area contributed by atoms with Gasteiger partial charge in [0, 0.05) is 25.7 Å². The first-order valence-corrected chi connectivity index (χ1v) is 5.77. The van der Waals surface area contributed by atoms with Crippen LogP contribution in [0.15, 0.2) is 24.3 Å². The van der Waals surface area contributed by atoms with Crippen LogP contribution in [0.2, 0.25) is 0 Å². The Morgan fingerprint density at radius 3 is 2.65 bits per heavy atom. The normalized spacial score (nSPS) is 11.1. The van der Waals surface area contributed by atoms with Crippen molar-refractivity contribution in [2.24, 2.45) is 0 Å². The smallest absolute Gasteiger partial charge is 0.405 e. The Bertz CT molecular complexity index is 452. The van der Waals surface area contributed by atoms with Crippen LogP contribution in [0.5, 0.6) is 5.75 Å². The first-order chi connectivity index (χ1) is 9.33. The molecular weight excluding hydrogens is 277 g/mol. The van der Waals surface area contributed by atoms with Crippen molar-refractivity contribution in [3.8, 4) is 5.75 Å². The van der Waals surface area contributed by atoms with E-state index >= 15 is 0 Å². The third-order valence-electron chi connectivity index (χ3n) is 2.41. The fourth-order valence-corrected chi connectivity index (χ4v) is 1.43. The van der Waals surface area contributed by atoms with Crippen molar-refractivity contribution in [1.29, 1.82) is 0 Å². The Labute approximate surface area is 113 Å². The van der Waals surface area contributed by atoms with E-state index in [1.54, 1.807) is 6.07 Å². The average molecular weight is 292 g/mol. The van der Waals surface area contributed by atoms with Gasteiger partial charge in [-0.3, -0.25) is 0 Å². The topological polar surface area (TPSA) is 61.8 Å². The maximum absolute atomic E-state index is 12.2. The summed E-state index contributed by atoms with van der Waals surface area (Å²) >= 11 is 0. The molecule has 0 radical (unpaired) electrons. The molecule has 5 nitrogen and oxygen atoms in total. The third-order valence-corrected chi connectivity index (χ3v) is 2.41. The number of nitrogens with one attached hydrogen (secondary N) is 1. The zero-order chi connectivity index (χ0) is 15.2. The Morgan fingerprint density at radius 2 is 2.05 bits per heavy atom. The number of hydrogen-bond acceptors (Lipinski definition) is 3. The summed E-state index contributed by atoms with van der Waals surface area (Å²) in [6.45, 7) is -0.176. The SMILES string of the molecule is CN(CCO)C(=O)NCc1ccccc1OC(F)(F)F. The predicted octanol–water partition coefficient (Wildman–Crippen LogP) is 1.72. The molecule has 0 spiro atoms. The summed E-state index contributed by atoms with van der Waals surface area (Å²) in [5.41, 5.74) is 0.204. The van der Waals surface area contributed by atoms with Crippen molar-refractivity contribution >= 4 is 6.03 Å². The van der Waals surface area contributed by atoms with Crippen molar-refractivity contribution < 1.29 is 27.8 Å². The third kappa shape index (κ3) is 5.35. The summed E-state index contributed by atoms with van der Waals surface area (Å²) in [6, 6.07) is 5.05. The fourth-order valence-electron chi connectivity index (χ4n) is 1.43. The number of carbonyl (C=O) groups is 1. The second-order valence-corrected chi connectivity index (χ2v) is 3.96. The lowest BCUT2D eigenvalue weighted by Crippen LogP contribution is -2.38. The minimum absolute atomic E-state index is 0.110. The molecule has 0 saturated heterocycles. The molecule has 8 heteroatoms. The van der Waals surface area contributed by atoms with E-state index in [9.17, 15) is 18.0 Å². The van der Waals surface area contributed by atoms with Crippen LogP contribution < -0.4 is 10.1 Å². The second-order valence-electron chi connectivity index (χ2n) is 3.96. The maximum Gasteiger partial charge on any atom is 0.573 e. The van der Waals surface area contributed by atoms with E-state index in [2.05, 4.69) is 10.1 Å². The van der Waals surface area contributed by atoms with Gasteiger partial charge in [-0.2, -0.15) is 0 Å². The Hall–Kier alpha value is -1.96. The number of amides is 2. The van der Waals surface area contributed by atoms with E-state index in [4.69, 9.17) is 5.11 Å². The molecule has 0 bridgehead atoms. The van der Waals surface area contributed by atoms with Gasteiger partial charge in [0.1, 0.15) is 5.75 Å². The number of nitrogens with zero attached hydrogens (tertiary/aromatic N) is 1. The van der Waals surface area contributed by atoms with Crippen LogP contribution in [0.1, 0.15) is 5.56 Å². The standard InChI is InChI=1S/C12H15F3N2O3/c1-17(6-7-18)11(19)16-8-9-4-2-3-5-10(9)20-12(13,14)15/h2-5,18H,6-8H2,1H3,(H,16,19). The highest BCUT2D eigenvalue weighted by Crippen LogP contribution is 2.26. The van der Waals surface area contributed by atoms with Crippen LogP contribution in [0.25, 0.3) is 0 Å². The Kier molecular flexibility index (Phi) is 5.63. The molecule has 1 rings (SSSR count). The Balaban J connectivity index is 2.66. The highest BCUT2D eigenvalue weighted by molar-refractivity contribution is 5.73. The molecule has 0 aliphatic rings. The number of carbonyl (C=O) groups excluding carboxylic acids is 1. The number of para-hydroxylation sites is 1. The number of aliphatic hydroxyl groups is 1. The van der Waals surface area contributed by atoms with Gasteiger partial charge in [0.25, 0.3) is 0 Å². The molecule has 0 saturated carbocycles. The molecule has 0 unspecified atom stereocenters. The quantitative estimate of drug-likeness (QED) is 0.868. The van der Waals surface area contributed by atoms with E-state index in [1.165, 1.54) is 30.1 Å². The van der Waals surface area contributed by atoms with Crippen molar-refractivity contribution in [1.82, 2.24) is 10.2 Å². The van der Waals surface area contributed by atoms with Gasteiger partial charge in [-0.05, 0) is 6.07 Å². The number of benzene rings is 1. The minimum atomic E-state index is -4.78. The van der Waals surface area contributed by atoms with E-state index in [1.807, 2.05) is 0 Å². The summed E-state index contributed by atoms with van der Waals surface area (Å²) in [7, 11) is 1.46. The van der Waals surface area contributed by atoms with Crippen LogP contribution in [0, 0.1) is 0 Å². The number of halogens is 3. The first kappa shape index (κ1) is 16.1. The molecule has 0 aliphatic carbocycles. The number of hydrogen-bond donors (Lipinski definition) is 2. The zero-order valence-electron chi connectivity index (χ0n) is 10.8.